The Morgan fingerprint density at radius 2 is 1.97 bits per heavy atom. The minimum Gasteiger partial charge on any atom is -0.479 e. The number of para-hydroxylation sites is 2. The van der Waals surface area contributed by atoms with Crippen molar-refractivity contribution in [1.29, 1.82) is 0 Å². The number of nitrogens with zero attached hydrogens (tertiary/aromatic N) is 1. The molecule has 2 amide bonds. The van der Waals surface area contributed by atoms with Crippen molar-refractivity contribution in [2.75, 3.05) is 31.2 Å². The van der Waals surface area contributed by atoms with Gasteiger partial charge in [0.2, 0.25) is 5.91 Å². The number of carbonyl (C=O) groups excluding carboxylic acids is 2. The third kappa shape index (κ3) is 4.70. The molecule has 1 unspecified atom stereocenters. The van der Waals surface area contributed by atoms with Gasteiger partial charge in [0.15, 0.2) is 6.10 Å². The fraction of sp³-hybridized carbons (Fsp3) is 0.417. The molecule has 1 fully saturated rings. The molecule has 1 atom stereocenters. The number of carbonyl (C=O) groups is 2. The summed E-state index contributed by atoms with van der Waals surface area (Å²) in [6.07, 6.45) is 1.29. The first-order valence-electron chi connectivity index (χ1n) is 10.7. The molecule has 0 spiro atoms. The zero-order valence-electron chi connectivity index (χ0n) is 17.6. The van der Waals surface area contributed by atoms with Gasteiger partial charge in [0.25, 0.3) is 5.91 Å². The van der Waals surface area contributed by atoms with Crippen LogP contribution >= 0.6 is 11.6 Å². The maximum atomic E-state index is 12.7. The molecule has 0 saturated carbocycles. The van der Waals surface area contributed by atoms with Gasteiger partial charge in [-0.25, -0.2) is 0 Å². The number of amides is 2. The Morgan fingerprint density at radius 1 is 1.19 bits per heavy atom. The molecule has 164 valence electrons. The molecule has 0 aliphatic carbocycles. The van der Waals surface area contributed by atoms with E-state index in [1.165, 1.54) is 0 Å². The van der Waals surface area contributed by atoms with E-state index in [1.807, 2.05) is 42.5 Å². The highest BCUT2D eigenvalue weighted by molar-refractivity contribution is 6.30. The lowest BCUT2D eigenvalue weighted by Gasteiger charge is -2.38. The molecule has 0 radical (unpaired) electrons. The van der Waals surface area contributed by atoms with Gasteiger partial charge < -0.3 is 19.7 Å². The van der Waals surface area contributed by atoms with Gasteiger partial charge in [-0.15, -0.1) is 0 Å². The molecule has 31 heavy (non-hydrogen) atoms. The van der Waals surface area contributed by atoms with Crippen LogP contribution < -0.4 is 15.0 Å². The topological polar surface area (TPSA) is 67.9 Å². The van der Waals surface area contributed by atoms with Crippen LogP contribution in [0.5, 0.6) is 5.75 Å². The van der Waals surface area contributed by atoms with Crippen molar-refractivity contribution in [3.05, 3.63) is 59.1 Å². The quantitative estimate of drug-likeness (QED) is 0.740. The second-order valence-corrected chi connectivity index (χ2v) is 8.58. The summed E-state index contributed by atoms with van der Waals surface area (Å²) >= 11 is 6.22. The molecule has 2 aliphatic heterocycles. The monoisotopic (exact) mass is 442 g/mol. The lowest BCUT2D eigenvalue weighted by atomic mass is 9.74. The number of nitrogens with one attached hydrogen (secondary N) is 1. The summed E-state index contributed by atoms with van der Waals surface area (Å²) in [5, 5.41) is 3.78. The Kier molecular flexibility index (Phi) is 6.49. The molecule has 2 heterocycles. The van der Waals surface area contributed by atoms with Gasteiger partial charge in [0.1, 0.15) is 5.75 Å². The van der Waals surface area contributed by atoms with Gasteiger partial charge in [0, 0.05) is 43.2 Å². The molecule has 1 saturated heterocycles. The molecule has 2 aliphatic rings. The molecular weight excluding hydrogens is 416 g/mol. The van der Waals surface area contributed by atoms with Crippen LogP contribution in [-0.4, -0.2) is 44.2 Å². The molecule has 2 aromatic rings. The number of fused-ring (bicyclic) bond motifs is 1. The van der Waals surface area contributed by atoms with E-state index in [2.05, 4.69) is 11.4 Å². The molecule has 6 nitrogen and oxygen atoms in total. The minimum atomic E-state index is -0.564. The van der Waals surface area contributed by atoms with Gasteiger partial charge >= 0.3 is 0 Å². The fourth-order valence-electron chi connectivity index (χ4n) is 4.31. The van der Waals surface area contributed by atoms with E-state index < -0.39 is 6.10 Å². The van der Waals surface area contributed by atoms with E-state index in [0.29, 0.717) is 42.8 Å². The fourth-order valence-corrected chi connectivity index (χ4v) is 4.50. The van der Waals surface area contributed by atoms with E-state index >= 15 is 0 Å². The van der Waals surface area contributed by atoms with Crippen molar-refractivity contribution in [3.8, 4) is 5.75 Å². The highest BCUT2D eigenvalue weighted by Gasteiger charge is 2.35. The molecule has 2 aromatic carbocycles. The van der Waals surface area contributed by atoms with Crippen LogP contribution in [0.4, 0.5) is 5.69 Å². The third-order valence-corrected chi connectivity index (χ3v) is 6.38. The first-order valence-corrected chi connectivity index (χ1v) is 11.0. The molecule has 7 heteroatoms. The predicted octanol–water partition coefficient (Wildman–Crippen LogP) is 3.71. The second kappa shape index (κ2) is 9.28. The van der Waals surface area contributed by atoms with Crippen LogP contribution in [0.25, 0.3) is 0 Å². The van der Waals surface area contributed by atoms with E-state index in [4.69, 9.17) is 21.1 Å². The number of benzene rings is 2. The van der Waals surface area contributed by atoms with Crippen molar-refractivity contribution in [2.45, 2.75) is 37.7 Å². The van der Waals surface area contributed by atoms with Gasteiger partial charge in [-0.05, 0) is 49.6 Å². The number of ether oxygens (including phenoxy) is 2. The van der Waals surface area contributed by atoms with Crippen LogP contribution in [0, 0.1) is 0 Å². The molecule has 4 rings (SSSR count). The number of rotatable bonds is 6. The summed E-state index contributed by atoms with van der Waals surface area (Å²) in [7, 11) is 0. The predicted molar refractivity (Wildman–Crippen MR) is 120 cm³/mol. The Hall–Kier alpha value is -2.57. The second-order valence-electron chi connectivity index (χ2n) is 8.15. The maximum Gasteiger partial charge on any atom is 0.267 e. The number of halogens is 1. The standard InChI is InChI=1S/C24H27ClN2O4/c1-17-23(29)27(20-7-2-3-8-21(20)31-17)12-9-22(28)26-16-24(10-13-30-14-11-24)18-5-4-6-19(25)15-18/h2-8,15,17H,9-14,16H2,1H3,(H,26,28). The smallest absolute Gasteiger partial charge is 0.267 e. The maximum absolute atomic E-state index is 12.7. The highest BCUT2D eigenvalue weighted by Crippen LogP contribution is 2.36. The molecule has 0 bridgehead atoms. The van der Waals surface area contributed by atoms with E-state index in [-0.39, 0.29) is 23.7 Å². The third-order valence-electron chi connectivity index (χ3n) is 6.15. The van der Waals surface area contributed by atoms with E-state index in [1.54, 1.807) is 11.8 Å². The van der Waals surface area contributed by atoms with Crippen LogP contribution in [0.1, 0.15) is 31.7 Å². The van der Waals surface area contributed by atoms with E-state index in [0.717, 1.165) is 18.4 Å². The van der Waals surface area contributed by atoms with Crippen LogP contribution in [-0.2, 0) is 19.7 Å². The molecule has 0 aromatic heterocycles. The number of hydrogen-bond donors (Lipinski definition) is 1. The summed E-state index contributed by atoms with van der Waals surface area (Å²) in [5.41, 5.74) is 1.63. The van der Waals surface area contributed by atoms with E-state index in [9.17, 15) is 9.59 Å². The van der Waals surface area contributed by atoms with Crippen LogP contribution in [0.15, 0.2) is 48.5 Å². The van der Waals surface area contributed by atoms with Crippen molar-refractivity contribution >= 4 is 29.1 Å². The normalized spacial score (nSPS) is 20.0. The Bertz CT molecular complexity index is 958. The average molecular weight is 443 g/mol. The van der Waals surface area contributed by atoms with Crippen LogP contribution in [0.2, 0.25) is 5.02 Å². The lowest BCUT2D eigenvalue weighted by molar-refractivity contribution is -0.125. The first kappa shape index (κ1) is 21.7. The SMILES string of the molecule is CC1Oc2ccccc2N(CCC(=O)NCC2(c3cccc(Cl)c3)CCOCC2)C1=O. The summed E-state index contributed by atoms with van der Waals surface area (Å²) in [6, 6.07) is 15.2. The van der Waals surface area contributed by atoms with Crippen molar-refractivity contribution in [1.82, 2.24) is 5.32 Å². The average Bonchev–Trinajstić information content (AvgIpc) is 2.79. The van der Waals surface area contributed by atoms with Crippen molar-refractivity contribution in [2.24, 2.45) is 0 Å². The largest absolute Gasteiger partial charge is 0.479 e. The Balaban J connectivity index is 1.41. The summed E-state index contributed by atoms with van der Waals surface area (Å²) in [6.45, 7) is 3.85. The van der Waals surface area contributed by atoms with Gasteiger partial charge in [-0.2, -0.15) is 0 Å². The van der Waals surface area contributed by atoms with Gasteiger partial charge in [-0.3, -0.25) is 9.59 Å². The number of anilines is 1. The number of hydrogen-bond acceptors (Lipinski definition) is 4. The lowest BCUT2D eigenvalue weighted by Crippen LogP contribution is -2.47. The minimum absolute atomic E-state index is 0.0858. The Morgan fingerprint density at radius 3 is 2.74 bits per heavy atom. The highest BCUT2D eigenvalue weighted by atomic mass is 35.5. The van der Waals surface area contributed by atoms with Crippen molar-refractivity contribution < 1.29 is 19.1 Å². The van der Waals surface area contributed by atoms with Gasteiger partial charge in [-0.1, -0.05) is 35.9 Å². The zero-order chi connectivity index (χ0) is 21.8. The first-order chi connectivity index (χ1) is 15.0. The summed E-state index contributed by atoms with van der Waals surface area (Å²) < 4.78 is 11.2. The van der Waals surface area contributed by atoms with Crippen molar-refractivity contribution in [3.63, 3.8) is 0 Å². The van der Waals surface area contributed by atoms with Crippen LogP contribution in [0.3, 0.4) is 0 Å². The summed E-state index contributed by atoms with van der Waals surface area (Å²) in [4.78, 5) is 27.0. The summed E-state index contributed by atoms with van der Waals surface area (Å²) in [5.74, 6) is 0.445. The molecular formula is C24H27ClN2O4. The van der Waals surface area contributed by atoms with Gasteiger partial charge in [0.05, 0.1) is 5.69 Å². The zero-order valence-corrected chi connectivity index (χ0v) is 18.4. The molecule has 1 N–H and O–H groups in total. The Labute approximate surface area is 187 Å².